The third-order valence-corrected chi connectivity index (χ3v) is 4.56. The molecule has 0 aliphatic rings. The maximum Gasteiger partial charge on any atom is 0.173 e. The summed E-state index contributed by atoms with van der Waals surface area (Å²) in [6.07, 6.45) is 5.92. The summed E-state index contributed by atoms with van der Waals surface area (Å²) < 4.78 is 9.20. The molecular weight excluding hydrogens is 324 g/mol. The molecule has 0 atom stereocenters. The van der Waals surface area contributed by atoms with E-state index < -0.39 is 0 Å². The van der Waals surface area contributed by atoms with Gasteiger partial charge >= 0.3 is 0 Å². The van der Waals surface area contributed by atoms with Gasteiger partial charge in [0, 0.05) is 25.0 Å². The Morgan fingerprint density at radius 1 is 1.29 bits per heavy atom. The number of imidazole rings is 1. The number of tetrazole rings is 1. The first-order valence-corrected chi connectivity index (χ1v) is 8.86. The predicted molar refractivity (Wildman–Crippen MR) is 92.4 cm³/mol. The van der Waals surface area contributed by atoms with E-state index in [4.69, 9.17) is 4.74 Å². The summed E-state index contributed by atoms with van der Waals surface area (Å²) in [7, 11) is 1.67. The molecule has 8 heteroatoms. The quantitative estimate of drug-likeness (QED) is 0.585. The van der Waals surface area contributed by atoms with Crippen molar-refractivity contribution in [1.82, 2.24) is 29.8 Å². The third kappa shape index (κ3) is 3.76. The van der Waals surface area contributed by atoms with Gasteiger partial charge in [-0.25, -0.2) is 9.67 Å². The zero-order chi connectivity index (χ0) is 16.8. The predicted octanol–water partition coefficient (Wildman–Crippen LogP) is 2.96. The van der Waals surface area contributed by atoms with Crippen LogP contribution in [-0.4, -0.2) is 36.9 Å². The Morgan fingerprint density at radius 3 is 3.04 bits per heavy atom. The summed E-state index contributed by atoms with van der Waals surface area (Å²) in [5.41, 5.74) is 1.01. The lowest BCUT2D eigenvalue weighted by Gasteiger charge is -2.09. The Kier molecular flexibility index (Phi) is 5.47. The molecule has 0 saturated heterocycles. The Bertz CT molecular complexity index is 784. The van der Waals surface area contributed by atoms with Crippen LogP contribution < -0.4 is 4.74 Å². The number of nitrogens with zero attached hydrogens (tertiary/aromatic N) is 6. The van der Waals surface area contributed by atoms with Gasteiger partial charge < -0.3 is 4.74 Å². The lowest BCUT2D eigenvalue weighted by molar-refractivity contribution is 0.414. The van der Waals surface area contributed by atoms with E-state index in [1.165, 1.54) is 0 Å². The number of thioether (sulfide) groups is 1. The van der Waals surface area contributed by atoms with Gasteiger partial charge in [0.05, 0.1) is 18.6 Å². The van der Waals surface area contributed by atoms with Gasteiger partial charge in [0.1, 0.15) is 5.75 Å². The molecule has 126 valence electrons. The number of hydrogen-bond donors (Lipinski definition) is 0. The first-order valence-electron chi connectivity index (χ1n) is 7.87. The normalized spacial score (nSPS) is 10.9. The summed E-state index contributed by atoms with van der Waals surface area (Å²) in [6.45, 7) is 3.01. The molecule has 0 radical (unpaired) electrons. The summed E-state index contributed by atoms with van der Waals surface area (Å²) in [4.78, 5) is 4.45. The zero-order valence-electron chi connectivity index (χ0n) is 13.8. The first-order chi connectivity index (χ1) is 11.8. The maximum absolute atomic E-state index is 5.29. The van der Waals surface area contributed by atoms with Crippen LogP contribution in [0.15, 0.2) is 41.8 Å². The molecule has 0 aliphatic heterocycles. The highest BCUT2D eigenvalue weighted by Crippen LogP contribution is 2.25. The van der Waals surface area contributed by atoms with Gasteiger partial charge in [-0.05, 0) is 29.0 Å². The lowest BCUT2D eigenvalue weighted by atomic mass is 10.3. The van der Waals surface area contributed by atoms with Crippen LogP contribution in [0.25, 0.3) is 5.69 Å². The molecule has 0 unspecified atom stereocenters. The van der Waals surface area contributed by atoms with E-state index in [-0.39, 0.29) is 0 Å². The Morgan fingerprint density at radius 2 is 2.21 bits per heavy atom. The van der Waals surface area contributed by atoms with E-state index in [0.29, 0.717) is 5.75 Å². The minimum Gasteiger partial charge on any atom is -0.497 e. The highest BCUT2D eigenvalue weighted by atomic mass is 32.2. The summed E-state index contributed by atoms with van der Waals surface area (Å²) in [5.74, 6) is 2.37. The van der Waals surface area contributed by atoms with Crippen molar-refractivity contribution in [1.29, 1.82) is 0 Å². The van der Waals surface area contributed by atoms with Gasteiger partial charge in [0.15, 0.2) is 11.0 Å². The van der Waals surface area contributed by atoms with Crippen LogP contribution in [0.1, 0.15) is 25.6 Å². The SMILES string of the molecule is CCCCn1nnnc1CSc1nccn1-c1cccc(OC)c1. The number of ether oxygens (including phenoxy) is 1. The van der Waals surface area contributed by atoms with E-state index in [9.17, 15) is 0 Å². The third-order valence-electron chi connectivity index (χ3n) is 3.60. The standard InChI is InChI=1S/C16H20N6OS/c1-3-4-9-22-15(18-19-20-22)12-24-16-17-8-10-21(16)13-6-5-7-14(11-13)23-2/h5-8,10-11H,3-4,9,12H2,1-2H3. The Hall–Kier alpha value is -2.35. The van der Waals surface area contributed by atoms with Crippen molar-refractivity contribution in [3.8, 4) is 11.4 Å². The zero-order valence-corrected chi connectivity index (χ0v) is 14.6. The minimum absolute atomic E-state index is 0.678. The molecule has 3 aromatic rings. The van der Waals surface area contributed by atoms with E-state index in [0.717, 1.165) is 41.8 Å². The number of benzene rings is 1. The van der Waals surface area contributed by atoms with Crippen LogP contribution >= 0.6 is 11.8 Å². The van der Waals surface area contributed by atoms with Crippen molar-refractivity contribution in [2.45, 2.75) is 37.2 Å². The van der Waals surface area contributed by atoms with Crippen molar-refractivity contribution < 1.29 is 4.74 Å². The molecule has 0 amide bonds. The average Bonchev–Trinajstić information content (AvgIpc) is 3.27. The van der Waals surface area contributed by atoms with Gasteiger partial charge in [-0.15, -0.1) is 5.10 Å². The number of hydrogen-bond acceptors (Lipinski definition) is 6. The monoisotopic (exact) mass is 344 g/mol. The van der Waals surface area contributed by atoms with Crippen LogP contribution in [0.4, 0.5) is 0 Å². The molecule has 3 rings (SSSR count). The van der Waals surface area contributed by atoms with Crippen LogP contribution in [0, 0.1) is 0 Å². The van der Waals surface area contributed by atoms with E-state index in [1.807, 2.05) is 39.7 Å². The number of methoxy groups -OCH3 is 1. The van der Waals surface area contributed by atoms with E-state index in [1.54, 1.807) is 25.1 Å². The highest BCUT2D eigenvalue weighted by Gasteiger charge is 2.11. The average molecular weight is 344 g/mol. The fourth-order valence-electron chi connectivity index (χ4n) is 2.29. The van der Waals surface area contributed by atoms with Crippen LogP contribution in [-0.2, 0) is 12.3 Å². The molecule has 0 saturated carbocycles. The van der Waals surface area contributed by atoms with Crippen molar-refractivity contribution in [3.63, 3.8) is 0 Å². The molecule has 2 aromatic heterocycles. The van der Waals surface area contributed by atoms with Crippen LogP contribution in [0.3, 0.4) is 0 Å². The lowest BCUT2D eigenvalue weighted by Crippen LogP contribution is -2.05. The van der Waals surface area contributed by atoms with Crippen molar-refractivity contribution in [3.05, 3.63) is 42.5 Å². The summed E-state index contributed by atoms with van der Waals surface area (Å²) in [5, 5.41) is 12.9. The van der Waals surface area contributed by atoms with Gasteiger partial charge in [0.2, 0.25) is 0 Å². The number of unbranched alkanes of at least 4 members (excludes halogenated alkanes) is 1. The van der Waals surface area contributed by atoms with Gasteiger partial charge in [0.25, 0.3) is 0 Å². The molecule has 0 fully saturated rings. The first kappa shape index (κ1) is 16.5. The highest BCUT2D eigenvalue weighted by molar-refractivity contribution is 7.98. The number of rotatable bonds is 8. The smallest absolute Gasteiger partial charge is 0.173 e. The van der Waals surface area contributed by atoms with E-state index in [2.05, 4.69) is 27.4 Å². The molecule has 0 aliphatic carbocycles. The summed E-state index contributed by atoms with van der Waals surface area (Å²) >= 11 is 1.62. The molecular formula is C16H20N6OS. The molecule has 2 heterocycles. The fourth-order valence-corrected chi connectivity index (χ4v) is 3.20. The molecule has 7 nitrogen and oxygen atoms in total. The molecule has 1 aromatic carbocycles. The van der Waals surface area contributed by atoms with Crippen LogP contribution in [0.2, 0.25) is 0 Å². The second-order valence-electron chi connectivity index (χ2n) is 5.24. The fraction of sp³-hybridized carbons (Fsp3) is 0.375. The van der Waals surface area contributed by atoms with Crippen molar-refractivity contribution in [2.75, 3.05) is 7.11 Å². The second kappa shape index (κ2) is 7.96. The van der Waals surface area contributed by atoms with Crippen LogP contribution in [0.5, 0.6) is 5.75 Å². The second-order valence-corrected chi connectivity index (χ2v) is 6.18. The van der Waals surface area contributed by atoms with Gasteiger partial charge in [-0.3, -0.25) is 4.57 Å². The van der Waals surface area contributed by atoms with Gasteiger partial charge in [-0.1, -0.05) is 31.2 Å². The van der Waals surface area contributed by atoms with E-state index >= 15 is 0 Å². The van der Waals surface area contributed by atoms with Crippen molar-refractivity contribution >= 4 is 11.8 Å². The molecule has 24 heavy (non-hydrogen) atoms. The number of aromatic nitrogens is 6. The van der Waals surface area contributed by atoms with Crippen molar-refractivity contribution in [2.24, 2.45) is 0 Å². The maximum atomic E-state index is 5.29. The molecule has 0 spiro atoms. The Labute approximate surface area is 145 Å². The molecule has 0 bridgehead atoms. The summed E-state index contributed by atoms with van der Waals surface area (Å²) in [6, 6.07) is 7.90. The Balaban J connectivity index is 1.73. The molecule has 0 N–H and O–H groups in total. The topological polar surface area (TPSA) is 70.7 Å². The number of aryl methyl sites for hydroxylation is 1. The van der Waals surface area contributed by atoms with Gasteiger partial charge in [-0.2, -0.15) is 0 Å². The minimum atomic E-state index is 0.678. The largest absolute Gasteiger partial charge is 0.497 e.